The second-order valence-corrected chi connectivity index (χ2v) is 10.7. The van der Waals surface area contributed by atoms with E-state index in [2.05, 4.69) is 39.2 Å². The Morgan fingerprint density at radius 1 is 1.05 bits per heavy atom. The molecule has 3 aromatic heterocycles. The van der Waals surface area contributed by atoms with E-state index in [0.717, 1.165) is 19.3 Å². The van der Waals surface area contributed by atoms with Crippen LogP contribution in [0.25, 0.3) is 22.8 Å². The number of pyridine rings is 1. The maximum Gasteiger partial charge on any atom is 0.280 e. The highest BCUT2D eigenvalue weighted by molar-refractivity contribution is 5.60. The molecule has 1 aliphatic heterocycles. The highest BCUT2D eigenvalue weighted by Crippen LogP contribution is 2.26. The van der Waals surface area contributed by atoms with Gasteiger partial charge in [-0.25, -0.2) is 18.7 Å². The molecule has 4 heterocycles. The molecule has 0 radical (unpaired) electrons. The molecule has 43 heavy (non-hydrogen) atoms. The Labute approximate surface area is 245 Å². The molecule has 1 saturated heterocycles. The van der Waals surface area contributed by atoms with Crippen LogP contribution in [0.15, 0.2) is 70.0 Å². The highest BCUT2D eigenvalue weighted by Gasteiger charge is 2.23. The summed E-state index contributed by atoms with van der Waals surface area (Å²) >= 11 is 0. The van der Waals surface area contributed by atoms with Gasteiger partial charge in [0.25, 0.3) is 5.56 Å². The first kappa shape index (κ1) is 29.3. The molecular weight excluding hydrogens is 558 g/mol. The van der Waals surface area contributed by atoms with Crippen molar-refractivity contribution in [2.24, 2.45) is 5.41 Å². The lowest BCUT2D eigenvalue weighted by Gasteiger charge is -2.11. The molecule has 2 N–H and O–H groups in total. The number of halogens is 2. The quantitative estimate of drug-likeness (QED) is 0.252. The zero-order valence-corrected chi connectivity index (χ0v) is 23.5. The molecule has 0 amide bonds. The monoisotopic (exact) mass is 586 g/mol. The van der Waals surface area contributed by atoms with Crippen molar-refractivity contribution < 1.29 is 22.8 Å². The summed E-state index contributed by atoms with van der Waals surface area (Å²) in [6.07, 6.45) is 1.37. The van der Waals surface area contributed by atoms with Crippen molar-refractivity contribution in [1.29, 1.82) is 5.26 Å². The maximum absolute atomic E-state index is 14.9. The molecule has 0 spiro atoms. The van der Waals surface area contributed by atoms with Gasteiger partial charge in [0, 0.05) is 30.2 Å². The van der Waals surface area contributed by atoms with E-state index in [9.17, 15) is 13.6 Å². The fourth-order valence-electron chi connectivity index (χ4n) is 4.22. The summed E-state index contributed by atoms with van der Waals surface area (Å²) in [4.78, 5) is 19.8. The Morgan fingerprint density at radius 3 is 2.51 bits per heavy atom. The standard InChI is InChI=1S/C25H16F2N6O3.C6H12O/c26-18-8-14(12-28)4-5-17(18)13-35-24-3-1-2-20(29-24)16-7-6-15(19(27)9-16)10-22-30-25(32-31-22)21-11-23(34)33-36-21;1-6(2)3-4-7-5-6/h1-9,11H,10,13H2,(H,33,34)(H,30,31,32);3-5H2,1-2H3. The molecule has 0 atom stereocenters. The summed E-state index contributed by atoms with van der Waals surface area (Å²) in [7, 11) is 0. The third-order valence-corrected chi connectivity index (χ3v) is 6.68. The first-order chi connectivity index (χ1) is 20.7. The molecular formula is C31H28F2N6O4. The number of benzene rings is 2. The van der Waals surface area contributed by atoms with Crippen LogP contribution in [-0.4, -0.2) is 38.5 Å². The van der Waals surface area contributed by atoms with Crippen molar-refractivity contribution in [1.82, 2.24) is 25.3 Å². The number of hydrogen-bond donors (Lipinski definition) is 2. The number of nitrogens with one attached hydrogen (secondary N) is 2. The van der Waals surface area contributed by atoms with E-state index < -0.39 is 17.2 Å². The highest BCUT2D eigenvalue weighted by atomic mass is 19.1. The van der Waals surface area contributed by atoms with Gasteiger partial charge >= 0.3 is 0 Å². The second-order valence-electron chi connectivity index (χ2n) is 10.7. The second kappa shape index (κ2) is 12.8. The van der Waals surface area contributed by atoms with Crippen LogP contribution in [0.1, 0.15) is 42.8 Å². The van der Waals surface area contributed by atoms with Crippen molar-refractivity contribution in [2.45, 2.75) is 33.3 Å². The van der Waals surface area contributed by atoms with Gasteiger partial charge in [0.05, 0.1) is 30.0 Å². The molecule has 5 aromatic rings. The van der Waals surface area contributed by atoms with Crippen LogP contribution >= 0.6 is 0 Å². The molecule has 10 nitrogen and oxygen atoms in total. The lowest BCUT2D eigenvalue weighted by Crippen LogP contribution is -2.08. The van der Waals surface area contributed by atoms with Crippen molar-refractivity contribution in [3.05, 3.63) is 105 Å². The van der Waals surface area contributed by atoms with Gasteiger partial charge in [0.1, 0.15) is 24.1 Å². The Morgan fingerprint density at radius 2 is 1.86 bits per heavy atom. The summed E-state index contributed by atoms with van der Waals surface area (Å²) in [5.74, 6) is -0.0168. The summed E-state index contributed by atoms with van der Waals surface area (Å²) in [5.41, 5.74) is 1.94. The first-order valence-electron chi connectivity index (χ1n) is 13.4. The maximum atomic E-state index is 14.9. The van der Waals surface area contributed by atoms with Crippen molar-refractivity contribution in [3.8, 4) is 34.8 Å². The minimum Gasteiger partial charge on any atom is -0.473 e. The summed E-state index contributed by atoms with van der Waals surface area (Å²) in [6.45, 7) is 6.31. The van der Waals surface area contributed by atoms with E-state index in [-0.39, 0.29) is 41.6 Å². The van der Waals surface area contributed by atoms with Crippen molar-refractivity contribution in [2.75, 3.05) is 13.2 Å². The first-order valence-corrected chi connectivity index (χ1v) is 13.4. The van der Waals surface area contributed by atoms with E-state index in [1.54, 1.807) is 30.3 Å². The van der Waals surface area contributed by atoms with E-state index in [1.807, 2.05) is 6.07 Å². The Balaban J connectivity index is 0.000000463. The van der Waals surface area contributed by atoms with E-state index in [4.69, 9.17) is 19.3 Å². The van der Waals surface area contributed by atoms with Gasteiger partial charge in [-0.2, -0.15) is 10.4 Å². The van der Waals surface area contributed by atoms with Gasteiger partial charge in [-0.1, -0.05) is 38.1 Å². The number of nitrogens with zero attached hydrogens (tertiary/aromatic N) is 4. The van der Waals surface area contributed by atoms with Gasteiger partial charge in [0.2, 0.25) is 17.5 Å². The van der Waals surface area contributed by atoms with Crippen LogP contribution in [-0.2, 0) is 17.8 Å². The number of aromatic amines is 2. The number of hydrogen-bond acceptors (Lipinski definition) is 8. The van der Waals surface area contributed by atoms with Crippen LogP contribution < -0.4 is 10.3 Å². The fraction of sp³-hybridized carbons (Fsp3) is 0.258. The molecule has 2 aromatic carbocycles. The number of H-pyrrole nitrogens is 2. The topological polar surface area (TPSA) is 143 Å². The van der Waals surface area contributed by atoms with Gasteiger partial charge in [0.15, 0.2) is 0 Å². The average molecular weight is 587 g/mol. The molecule has 0 bridgehead atoms. The number of nitriles is 1. The summed E-state index contributed by atoms with van der Waals surface area (Å²) < 4.78 is 44.7. The molecule has 0 aliphatic carbocycles. The minimum absolute atomic E-state index is 0.0768. The molecule has 0 unspecified atom stereocenters. The molecule has 0 saturated carbocycles. The predicted octanol–water partition coefficient (Wildman–Crippen LogP) is 5.57. The molecule has 220 valence electrons. The Bertz CT molecular complexity index is 1810. The smallest absolute Gasteiger partial charge is 0.280 e. The van der Waals surface area contributed by atoms with Gasteiger partial charge < -0.3 is 14.0 Å². The lowest BCUT2D eigenvalue weighted by atomic mass is 9.94. The Kier molecular flexibility index (Phi) is 8.73. The van der Waals surface area contributed by atoms with E-state index in [0.29, 0.717) is 28.1 Å². The molecule has 12 heteroatoms. The van der Waals surface area contributed by atoms with Crippen LogP contribution in [0.2, 0.25) is 0 Å². The lowest BCUT2D eigenvalue weighted by molar-refractivity contribution is 0.167. The zero-order chi connectivity index (χ0) is 30.4. The summed E-state index contributed by atoms with van der Waals surface area (Å²) in [5, 5.41) is 17.7. The molecule has 1 fully saturated rings. The third-order valence-electron chi connectivity index (χ3n) is 6.68. The molecule has 1 aliphatic rings. The Hall–Kier alpha value is -5.15. The summed E-state index contributed by atoms with van der Waals surface area (Å²) in [6, 6.07) is 16.9. The van der Waals surface area contributed by atoms with Gasteiger partial charge in [-0.15, -0.1) is 5.10 Å². The van der Waals surface area contributed by atoms with Gasteiger partial charge in [-0.3, -0.25) is 9.89 Å². The SMILES string of the molecule is CC1(C)CCOC1.N#Cc1ccc(COc2cccc(-c3ccc(Cc4nc(-c5cc(=O)[nH]o5)n[nH]4)c(F)c3)n2)c(F)c1. The van der Waals surface area contributed by atoms with Crippen LogP contribution in [0.5, 0.6) is 5.88 Å². The third kappa shape index (κ3) is 7.58. The van der Waals surface area contributed by atoms with Crippen molar-refractivity contribution in [3.63, 3.8) is 0 Å². The average Bonchev–Trinajstić information content (AvgIpc) is 3.75. The van der Waals surface area contributed by atoms with Crippen LogP contribution in [0.4, 0.5) is 8.78 Å². The van der Waals surface area contributed by atoms with E-state index >= 15 is 0 Å². The van der Waals surface area contributed by atoms with Crippen molar-refractivity contribution >= 4 is 0 Å². The zero-order valence-electron chi connectivity index (χ0n) is 23.5. The number of ether oxygens (including phenoxy) is 2. The largest absolute Gasteiger partial charge is 0.473 e. The van der Waals surface area contributed by atoms with Crippen LogP contribution in [0, 0.1) is 28.4 Å². The number of rotatable bonds is 7. The minimum atomic E-state index is -0.542. The van der Waals surface area contributed by atoms with Gasteiger partial charge in [-0.05, 0) is 41.7 Å². The fourth-order valence-corrected chi connectivity index (χ4v) is 4.22. The number of aromatic nitrogens is 5. The predicted molar refractivity (Wildman–Crippen MR) is 152 cm³/mol. The molecule has 6 rings (SSSR count). The normalized spacial score (nSPS) is 13.7. The van der Waals surface area contributed by atoms with E-state index in [1.165, 1.54) is 30.7 Å². The van der Waals surface area contributed by atoms with Crippen LogP contribution in [0.3, 0.4) is 0 Å².